The van der Waals surface area contributed by atoms with E-state index in [1.165, 1.54) is 6.92 Å². The predicted octanol–water partition coefficient (Wildman–Crippen LogP) is 2.96. The van der Waals surface area contributed by atoms with Crippen molar-refractivity contribution in [3.05, 3.63) is 23.4 Å². The molecule has 0 bridgehead atoms. The first-order chi connectivity index (χ1) is 8.93. The van der Waals surface area contributed by atoms with Crippen LogP contribution in [-0.4, -0.2) is 34.5 Å². The average molecular weight is 303 g/mol. The largest absolute Gasteiger partial charge is 0.477 e. The summed E-state index contributed by atoms with van der Waals surface area (Å²) in [5, 5.41) is 8.69. The summed E-state index contributed by atoms with van der Waals surface area (Å²) in [4.78, 5) is 14.0. The minimum Gasteiger partial charge on any atom is -0.477 e. The molecule has 1 aromatic rings. The van der Waals surface area contributed by atoms with Gasteiger partial charge in [0.1, 0.15) is 5.56 Å². The number of pyridine rings is 1. The molecule has 10 heteroatoms. The second-order valence-corrected chi connectivity index (χ2v) is 3.69. The predicted molar refractivity (Wildman–Crippen MR) is 52.5 cm³/mol. The Morgan fingerprint density at radius 3 is 2.10 bits per heavy atom. The summed E-state index contributed by atoms with van der Waals surface area (Å²) in [6.45, 7) is 1.26. The lowest BCUT2D eigenvalue weighted by atomic mass is 10.2. The summed E-state index contributed by atoms with van der Waals surface area (Å²) in [7, 11) is 0. The zero-order chi connectivity index (χ0) is 15.7. The van der Waals surface area contributed by atoms with Crippen LogP contribution in [-0.2, 0) is 0 Å². The zero-order valence-electron chi connectivity index (χ0n) is 9.71. The number of rotatable bonds is 3. The number of carboxylic acid groups (broad SMARTS) is 1. The summed E-state index contributed by atoms with van der Waals surface area (Å²) >= 11 is 0. The van der Waals surface area contributed by atoms with Gasteiger partial charge >= 0.3 is 18.3 Å². The Bertz CT molecular complexity index is 497. The number of carbonyl (C=O) groups is 1. The minimum absolute atomic E-state index is 0.00750. The fraction of sp³-hybridized carbons (Fsp3) is 0.400. The van der Waals surface area contributed by atoms with Gasteiger partial charge in [0.05, 0.1) is 0 Å². The lowest BCUT2D eigenvalue weighted by molar-refractivity contribution is -0.300. The van der Waals surface area contributed by atoms with Crippen LogP contribution in [0.15, 0.2) is 12.1 Å². The van der Waals surface area contributed by atoms with Crippen LogP contribution in [0.2, 0.25) is 0 Å². The molecule has 0 aromatic carbocycles. The van der Waals surface area contributed by atoms with Gasteiger partial charge in [-0.15, -0.1) is 0 Å². The van der Waals surface area contributed by atoms with Gasteiger partial charge in [-0.25, -0.2) is 9.78 Å². The number of aryl methyl sites for hydroxylation is 1. The Morgan fingerprint density at radius 2 is 1.70 bits per heavy atom. The minimum atomic E-state index is -5.75. The van der Waals surface area contributed by atoms with Crippen molar-refractivity contribution in [2.75, 3.05) is 0 Å². The van der Waals surface area contributed by atoms with E-state index in [0.29, 0.717) is 0 Å². The number of carboxylic acids is 1. The maximum Gasteiger partial charge on any atom is 0.434 e. The molecule has 20 heavy (non-hydrogen) atoms. The van der Waals surface area contributed by atoms with Crippen LogP contribution in [0.1, 0.15) is 16.1 Å². The molecule has 0 amide bonds. The van der Waals surface area contributed by atoms with Crippen LogP contribution in [0.5, 0.6) is 5.88 Å². The van der Waals surface area contributed by atoms with E-state index < -0.39 is 35.9 Å². The molecule has 0 fully saturated rings. The number of aromatic nitrogens is 1. The van der Waals surface area contributed by atoms with E-state index in [2.05, 4.69) is 9.72 Å². The number of ether oxygens (including phenoxy) is 1. The fourth-order valence-corrected chi connectivity index (χ4v) is 1.22. The smallest absolute Gasteiger partial charge is 0.434 e. The summed E-state index contributed by atoms with van der Waals surface area (Å²) < 4.78 is 77.7. The van der Waals surface area contributed by atoms with Gasteiger partial charge in [-0.1, -0.05) is 0 Å². The van der Waals surface area contributed by atoms with Crippen LogP contribution in [0.25, 0.3) is 0 Å². The quantitative estimate of drug-likeness (QED) is 0.872. The van der Waals surface area contributed by atoms with E-state index in [1.54, 1.807) is 0 Å². The SMILES string of the molecule is Cc1ccc(C(=O)O)c(OC(C(F)(F)F)C(F)(F)F)n1. The normalized spacial score (nSPS) is 12.6. The molecule has 0 unspecified atom stereocenters. The molecule has 1 aromatic heterocycles. The molecule has 0 saturated carbocycles. The molecule has 0 spiro atoms. The lowest BCUT2D eigenvalue weighted by Crippen LogP contribution is -2.47. The number of hydrogen-bond acceptors (Lipinski definition) is 3. The molecule has 1 N–H and O–H groups in total. The highest BCUT2D eigenvalue weighted by Crippen LogP contribution is 2.36. The van der Waals surface area contributed by atoms with E-state index in [9.17, 15) is 31.1 Å². The van der Waals surface area contributed by atoms with Crippen molar-refractivity contribution in [1.29, 1.82) is 0 Å². The van der Waals surface area contributed by atoms with Crippen LogP contribution in [0.3, 0.4) is 0 Å². The Hall–Kier alpha value is -2.00. The van der Waals surface area contributed by atoms with Gasteiger partial charge in [0.2, 0.25) is 5.88 Å². The Labute approximate surface area is 108 Å². The van der Waals surface area contributed by atoms with Crippen molar-refractivity contribution < 1.29 is 41.0 Å². The van der Waals surface area contributed by atoms with Crippen LogP contribution < -0.4 is 4.74 Å². The van der Waals surface area contributed by atoms with Crippen molar-refractivity contribution in [2.24, 2.45) is 0 Å². The first-order valence-corrected chi connectivity index (χ1v) is 4.94. The molecule has 112 valence electrons. The van der Waals surface area contributed by atoms with E-state index in [-0.39, 0.29) is 5.69 Å². The van der Waals surface area contributed by atoms with Gasteiger partial charge < -0.3 is 9.84 Å². The molecule has 4 nitrogen and oxygen atoms in total. The average Bonchev–Trinajstić information content (AvgIpc) is 2.22. The zero-order valence-corrected chi connectivity index (χ0v) is 9.71. The first kappa shape index (κ1) is 16.1. The van der Waals surface area contributed by atoms with Crippen molar-refractivity contribution in [1.82, 2.24) is 4.98 Å². The molecular weight excluding hydrogens is 296 g/mol. The summed E-state index contributed by atoms with van der Waals surface area (Å²) in [6.07, 6.45) is -15.7. The number of aromatic carboxylic acids is 1. The van der Waals surface area contributed by atoms with Crippen LogP contribution in [0.4, 0.5) is 26.3 Å². The monoisotopic (exact) mass is 303 g/mol. The van der Waals surface area contributed by atoms with Gasteiger partial charge in [-0.05, 0) is 19.1 Å². The second kappa shape index (κ2) is 5.17. The highest BCUT2D eigenvalue weighted by Gasteiger charge is 2.59. The van der Waals surface area contributed by atoms with E-state index in [1.807, 2.05) is 0 Å². The van der Waals surface area contributed by atoms with Crippen molar-refractivity contribution in [3.8, 4) is 5.88 Å². The molecule has 1 rings (SSSR count). The lowest BCUT2D eigenvalue weighted by Gasteiger charge is -2.23. The Kier molecular flexibility index (Phi) is 4.15. The molecule has 1 heterocycles. The van der Waals surface area contributed by atoms with Gasteiger partial charge in [-0.3, -0.25) is 0 Å². The van der Waals surface area contributed by atoms with Crippen molar-refractivity contribution in [3.63, 3.8) is 0 Å². The number of hydrogen-bond donors (Lipinski definition) is 1. The number of alkyl halides is 6. The number of halogens is 6. The maximum atomic E-state index is 12.3. The van der Waals surface area contributed by atoms with Gasteiger partial charge in [0.25, 0.3) is 6.10 Å². The molecule has 0 atom stereocenters. The fourth-order valence-electron chi connectivity index (χ4n) is 1.22. The highest BCUT2D eigenvalue weighted by atomic mass is 19.4. The first-order valence-electron chi connectivity index (χ1n) is 4.94. The molecule has 0 radical (unpaired) electrons. The summed E-state index contributed by atoms with van der Waals surface area (Å²) in [5.74, 6) is -2.99. The molecule has 0 aliphatic rings. The van der Waals surface area contributed by atoms with Crippen molar-refractivity contribution >= 4 is 5.97 Å². The molecule has 0 saturated heterocycles. The van der Waals surface area contributed by atoms with Gasteiger partial charge in [0.15, 0.2) is 0 Å². The third kappa shape index (κ3) is 3.75. The van der Waals surface area contributed by atoms with E-state index in [4.69, 9.17) is 5.11 Å². The van der Waals surface area contributed by atoms with E-state index >= 15 is 0 Å². The topological polar surface area (TPSA) is 59.4 Å². The van der Waals surface area contributed by atoms with E-state index in [0.717, 1.165) is 12.1 Å². The molecule has 0 aliphatic carbocycles. The van der Waals surface area contributed by atoms with Gasteiger partial charge in [-0.2, -0.15) is 26.3 Å². The van der Waals surface area contributed by atoms with Crippen LogP contribution >= 0.6 is 0 Å². The van der Waals surface area contributed by atoms with Crippen molar-refractivity contribution in [2.45, 2.75) is 25.4 Å². The van der Waals surface area contributed by atoms with Crippen LogP contribution in [0, 0.1) is 6.92 Å². The summed E-state index contributed by atoms with van der Waals surface area (Å²) in [5.41, 5.74) is -0.887. The van der Waals surface area contributed by atoms with Gasteiger partial charge in [0, 0.05) is 5.69 Å². The third-order valence-electron chi connectivity index (χ3n) is 2.05. The number of nitrogens with zero attached hydrogens (tertiary/aromatic N) is 1. The maximum absolute atomic E-state index is 12.3. The molecule has 0 aliphatic heterocycles. The molecular formula is C10H7F6NO3. The third-order valence-corrected chi connectivity index (χ3v) is 2.05. The summed E-state index contributed by atoms with van der Waals surface area (Å²) in [6, 6.07) is 1.93. The highest BCUT2D eigenvalue weighted by molar-refractivity contribution is 5.90. The Morgan fingerprint density at radius 1 is 1.20 bits per heavy atom. The standard InChI is InChI=1S/C10H7F6NO3/c1-4-2-3-5(7(18)19)6(17-4)20-8(9(11,12)13)10(14,15)16/h2-3,8H,1H3,(H,18,19). The Balaban J connectivity index is 3.24. The second-order valence-electron chi connectivity index (χ2n) is 3.69.